The van der Waals surface area contributed by atoms with E-state index < -0.39 is 0 Å². The van der Waals surface area contributed by atoms with Crippen LogP contribution in [0, 0.1) is 0 Å². The van der Waals surface area contributed by atoms with E-state index >= 15 is 0 Å². The number of nitrogens with one attached hydrogen (secondary N) is 1. The minimum Gasteiger partial charge on any atom is -0.490 e. The molecule has 0 aromatic heterocycles. The number of ether oxygens (including phenoxy) is 5. The van der Waals surface area contributed by atoms with E-state index in [1.54, 1.807) is 12.0 Å². The van der Waals surface area contributed by atoms with Crippen LogP contribution in [0.1, 0.15) is 52.7 Å². The maximum atomic E-state index is 13.3. The van der Waals surface area contributed by atoms with Crippen molar-refractivity contribution in [2.24, 2.45) is 0 Å². The van der Waals surface area contributed by atoms with Crippen LogP contribution in [0.5, 0.6) is 5.75 Å². The van der Waals surface area contributed by atoms with E-state index in [-0.39, 0.29) is 36.9 Å². The molecule has 3 heterocycles. The number of carbonyl (C=O) groups is 1. The van der Waals surface area contributed by atoms with Crippen LogP contribution < -0.4 is 15.0 Å². The number of carbonyl (C=O) groups excluding carboxylic acids is 1. The molecular weight excluding hydrogens is 642 g/mol. The van der Waals surface area contributed by atoms with Gasteiger partial charge in [0.2, 0.25) is 0 Å². The fourth-order valence-corrected chi connectivity index (χ4v) is 7.13. The van der Waals surface area contributed by atoms with Gasteiger partial charge in [-0.25, -0.2) is 4.79 Å². The molecule has 3 atom stereocenters. The third-order valence-corrected chi connectivity index (χ3v) is 10.1. The van der Waals surface area contributed by atoms with E-state index in [4.69, 9.17) is 23.7 Å². The number of hydrogen-bond donors (Lipinski definition) is 1. The van der Waals surface area contributed by atoms with Gasteiger partial charge in [-0.2, -0.15) is 0 Å². The fraction of sp³-hybridized carbons (Fsp3) is 0.405. The van der Waals surface area contributed by atoms with Gasteiger partial charge >= 0.3 is 6.09 Å². The number of benzene rings is 4. The Morgan fingerprint density at radius 1 is 0.882 bits per heavy atom. The molecule has 0 saturated carbocycles. The molecule has 4 aromatic carbocycles. The fourth-order valence-electron chi connectivity index (χ4n) is 7.13. The van der Waals surface area contributed by atoms with Gasteiger partial charge in [-0.3, -0.25) is 0 Å². The maximum absolute atomic E-state index is 13.3. The van der Waals surface area contributed by atoms with E-state index in [1.807, 2.05) is 42.5 Å². The first-order chi connectivity index (χ1) is 25.1. The van der Waals surface area contributed by atoms with E-state index in [0.29, 0.717) is 26.3 Å². The zero-order valence-electron chi connectivity index (χ0n) is 29.5. The highest BCUT2D eigenvalue weighted by atomic mass is 16.6. The zero-order valence-corrected chi connectivity index (χ0v) is 29.5. The van der Waals surface area contributed by atoms with E-state index in [9.17, 15) is 4.79 Å². The van der Waals surface area contributed by atoms with Crippen LogP contribution in [0.15, 0.2) is 103 Å². The molecule has 0 spiro atoms. The van der Waals surface area contributed by atoms with Crippen LogP contribution in [-0.4, -0.2) is 82.8 Å². The Hall–Kier alpha value is -4.41. The second-order valence-electron chi connectivity index (χ2n) is 13.6. The summed E-state index contributed by atoms with van der Waals surface area (Å²) in [6, 6.07) is 35.3. The predicted molar refractivity (Wildman–Crippen MR) is 197 cm³/mol. The van der Waals surface area contributed by atoms with Crippen LogP contribution in [0.3, 0.4) is 0 Å². The highest BCUT2D eigenvalue weighted by molar-refractivity contribution is 5.68. The van der Waals surface area contributed by atoms with Crippen LogP contribution in [0.4, 0.5) is 10.5 Å². The first-order valence-corrected chi connectivity index (χ1v) is 18.2. The normalized spacial score (nSPS) is 19.5. The Balaban J connectivity index is 1.08. The highest BCUT2D eigenvalue weighted by Crippen LogP contribution is 2.36. The molecule has 3 unspecified atom stereocenters. The summed E-state index contributed by atoms with van der Waals surface area (Å²) in [6.45, 7) is 6.59. The second-order valence-corrected chi connectivity index (χ2v) is 13.6. The van der Waals surface area contributed by atoms with Crippen LogP contribution >= 0.6 is 0 Å². The van der Waals surface area contributed by atoms with Gasteiger partial charge in [0.1, 0.15) is 25.1 Å². The van der Waals surface area contributed by atoms with Gasteiger partial charge in [-0.1, -0.05) is 91.0 Å². The number of hydrogen-bond acceptors (Lipinski definition) is 8. The van der Waals surface area contributed by atoms with Crippen molar-refractivity contribution < 1.29 is 28.5 Å². The van der Waals surface area contributed by atoms with Gasteiger partial charge in [0.25, 0.3) is 0 Å². The maximum Gasteiger partial charge on any atom is 0.410 e. The van der Waals surface area contributed by atoms with Gasteiger partial charge in [0, 0.05) is 45.8 Å². The lowest BCUT2D eigenvalue weighted by atomic mass is 9.86. The van der Waals surface area contributed by atoms with Gasteiger partial charge in [-0.15, -0.1) is 0 Å². The highest BCUT2D eigenvalue weighted by Gasteiger charge is 2.34. The topological polar surface area (TPSA) is 81.7 Å². The number of nitrogens with zero attached hydrogens (tertiary/aromatic N) is 2. The average Bonchev–Trinajstić information content (AvgIpc) is 3.17. The summed E-state index contributed by atoms with van der Waals surface area (Å²) >= 11 is 0. The molecule has 4 aromatic rings. The standard InChI is InChI=1S/C42H49N3O6/c1-47-23-8-20-44-22-24-48-39-18-13-32(25-38(39)44)30-49-40-28-45(42(46)50-29-31-9-4-2-5-10-31)21-19-37(40)33-14-16-35(17-15-33)41(51-36-26-43-27-36)34-11-6-3-7-12-34/h2-7,9-18,25,36-37,40-41,43H,8,19-24,26-30H2,1H3. The minimum atomic E-state index is -0.313. The minimum absolute atomic E-state index is 0.107. The molecule has 0 radical (unpaired) electrons. The van der Waals surface area contributed by atoms with Gasteiger partial charge in [0.05, 0.1) is 37.6 Å². The molecule has 9 nitrogen and oxygen atoms in total. The molecule has 2 fully saturated rings. The van der Waals surface area contributed by atoms with Crippen molar-refractivity contribution >= 4 is 11.8 Å². The third-order valence-electron chi connectivity index (χ3n) is 10.1. The van der Waals surface area contributed by atoms with Crippen LogP contribution in [0.25, 0.3) is 0 Å². The van der Waals surface area contributed by atoms with E-state index in [0.717, 1.165) is 79.3 Å². The lowest BCUT2D eigenvalue weighted by Gasteiger charge is -2.38. The van der Waals surface area contributed by atoms with Crippen molar-refractivity contribution in [2.75, 3.05) is 64.5 Å². The lowest BCUT2D eigenvalue weighted by molar-refractivity contribution is -0.0248. The van der Waals surface area contributed by atoms with Crippen molar-refractivity contribution in [2.45, 2.75) is 50.3 Å². The molecule has 1 amide bonds. The second kappa shape index (κ2) is 17.2. The number of fused-ring (bicyclic) bond motifs is 1. The van der Waals surface area contributed by atoms with E-state index in [2.05, 4.69) is 70.9 Å². The molecule has 7 rings (SSSR count). The number of likely N-dealkylation sites (tertiary alicyclic amines) is 1. The molecular formula is C42H49N3O6. The van der Waals surface area contributed by atoms with Gasteiger partial charge < -0.3 is 38.8 Å². The molecule has 1 N–H and O–H groups in total. The number of methoxy groups -OCH3 is 1. The Bertz CT molecular complexity index is 1680. The number of piperidine rings is 1. The average molecular weight is 692 g/mol. The summed E-state index contributed by atoms with van der Waals surface area (Å²) < 4.78 is 30.4. The Kier molecular flexibility index (Phi) is 11.8. The summed E-state index contributed by atoms with van der Waals surface area (Å²) in [5, 5.41) is 3.32. The molecule has 2 saturated heterocycles. The van der Waals surface area contributed by atoms with Crippen molar-refractivity contribution in [3.63, 3.8) is 0 Å². The predicted octanol–water partition coefficient (Wildman–Crippen LogP) is 6.71. The van der Waals surface area contributed by atoms with Crippen molar-refractivity contribution in [1.29, 1.82) is 0 Å². The number of amides is 1. The number of rotatable bonds is 14. The molecule has 3 aliphatic rings. The molecule has 0 bridgehead atoms. The van der Waals surface area contributed by atoms with Crippen LogP contribution in [-0.2, 0) is 32.2 Å². The summed E-state index contributed by atoms with van der Waals surface area (Å²) in [4.78, 5) is 17.5. The molecule has 0 aliphatic carbocycles. The SMILES string of the molecule is COCCCN1CCOc2ccc(COC3CN(C(=O)OCc4ccccc4)CCC3c3ccc(C(OC4CNC4)c4ccccc4)cc3)cc21. The van der Waals surface area contributed by atoms with Crippen molar-refractivity contribution in [3.8, 4) is 5.75 Å². The van der Waals surface area contributed by atoms with Crippen molar-refractivity contribution in [3.05, 3.63) is 131 Å². The first-order valence-electron chi connectivity index (χ1n) is 18.2. The molecule has 51 heavy (non-hydrogen) atoms. The third kappa shape index (κ3) is 8.91. The molecule has 268 valence electrons. The van der Waals surface area contributed by atoms with Crippen LogP contribution in [0.2, 0.25) is 0 Å². The first kappa shape index (κ1) is 35.0. The smallest absolute Gasteiger partial charge is 0.410 e. The van der Waals surface area contributed by atoms with E-state index in [1.165, 1.54) is 5.56 Å². The van der Waals surface area contributed by atoms with Gasteiger partial charge in [0.15, 0.2) is 0 Å². The lowest BCUT2D eigenvalue weighted by Crippen LogP contribution is -2.49. The summed E-state index contributed by atoms with van der Waals surface area (Å²) in [5.41, 5.74) is 6.60. The summed E-state index contributed by atoms with van der Waals surface area (Å²) in [5.74, 6) is 1.01. The zero-order chi connectivity index (χ0) is 34.8. The van der Waals surface area contributed by atoms with Crippen molar-refractivity contribution in [1.82, 2.24) is 10.2 Å². The molecule has 9 heteroatoms. The molecule has 3 aliphatic heterocycles. The Morgan fingerprint density at radius 2 is 1.65 bits per heavy atom. The van der Waals surface area contributed by atoms with Gasteiger partial charge in [-0.05, 0) is 52.8 Å². The largest absolute Gasteiger partial charge is 0.490 e. The Morgan fingerprint density at radius 3 is 2.39 bits per heavy atom. The summed E-state index contributed by atoms with van der Waals surface area (Å²) in [7, 11) is 1.74. The summed E-state index contributed by atoms with van der Waals surface area (Å²) in [6.07, 6.45) is 1.25. The quantitative estimate of drug-likeness (QED) is 0.146. The Labute approximate surface area is 301 Å². The monoisotopic (exact) mass is 691 g/mol. The number of anilines is 1.